The number of benzene rings is 5. The minimum Gasteiger partial charge on any atom is -0.497 e. The maximum atomic E-state index is 15.9. The number of carbonyl (C=O) groups is 1. The van der Waals surface area contributed by atoms with Gasteiger partial charge in [-0.25, -0.2) is 18.2 Å². The molecule has 0 atom stereocenters. The number of nitrogens with zero attached hydrogens (tertiary/aromatic N) is 6. The molecule has 1 aliphatic rings. The number of anilines is 1. The number of aromatic nitrogens is 5. The Hall–Kier alpha value is -6.36. The van der Waals surface area contributed by atoms with E-state index >= 15 is 8.42 Å². The van der Waals surface area contributed by atoms with Gasteiger partial charge in [0.05, 0.1) is 48.5 Å². The molecule has 2 heterocycles. The Morgan fingerprint density at radius 2 is 1.42 bits per heavy atom. The van der Waals surface area contributed by atoms with Crippen molar-refractivity contribution < 1.29 is 32.5 Å². The van der Waals surface area contributed by atoms with Gasteiger partial charge in [0, 0.05) is 18.7 Å². The Morgan fingerprint density at radius 1 is 0.817 bits per heavy atom. The largest absolute Gasteiger partial charge is 0.497 e. The molecule has 60 heavy (non-hydrogen) atoms. The van der Waals surface area contributed by atoms with Crippen molar-refractivity contribution in [2.24, 2.45) is 5.92 Å². The van der Waals surface area contributed by atoms with Crippen LogP contribution in [-0.2, 0) is 36.1 Å². The Labute approximate surface area is 351 Å². The molecule has 16 heteroatoms. The third-order valence-electron chi connectivity index (χ3n) is 10.7. The summed E-state index contributed by atoms with van der Waals surface area (Å²) in [5.74, 6) is 2.45. The van der Waals surface area contributed by atoms with Gasteiger partial charge in [-0.3, -0.25) is 5.32 Å². The van der Waals surface area contributed by atoms with Gasteiger partial charge in [-0.05, 0) is 87.8 Å². The van der Waals surface area contributed by atoms with E-state index in [0.29, 0.717) is 56.5 Å². The lowest BCUT2D eigenvalue weighted by molar-refractivity contribution is 0.209. The van der Waals surface area contributed by atoms with Gasteiger partial charge in [0.25, 0.3) is 0 Å². The topological polar surface area (TPSA) is 171 Å². The zero-order valence-corrected chi connectivity index (χ0v) is 34.9. The molecule has 1 amide bonds. The van der Waals surface area contributed by atoms with Gasteiger partial charge in [0.1, 0.15) is 17.2 Å². The fraction of sp³-hybridized carbons (Fsp3) is 0.250. The molecule has 0 bridgehead atoms. The van der Waals surface area contributed by atoms with Crippen molar-refractivity contribution in [2.75, 3.05) is 26.6 Å². The van der Waals surface area contributed by atoms with Crippen LogP contribution in [0.4, 0.5) is 9.93 Å². The smallest absolute Gasteiger partial charge is 0.410 e. The van der Waals surface area contributed by atoms with Gasteiger partial charge in [0.2, 0.25) is 15.8 Å². The second-order valence-electron chi connectivity index (χ2n) is 14.5. The van der Waals surface area contributed by atoms with E-state index in [2.05, 4.69) is 20.6 Å². The number of para-hydroxylation sites is 1. The van der Waals surface area contributed by atoms with E-state index in [1.54, 1.807) is 21.3 Å². The van der Waals surface area contributed by atoms with Gasteiger partial charge < -0.3 is 19.3 Å². The quantitative estimate of drug-likeness (QED) is 0.0956. The van der Waals surface area contributed by atoms with Gasteiger partial charge in [-0.1, -0.05) is 91.3 Å². The molecule has 1 aliphatic carbocycles. The van der Waals surface area contributed by atoms with E-state index in [-0.39, 0.29) is 41.0 Å². The predicted octanol–water partition coefficient (Wildman–Crippen LogP) is 8.51. The number of rotatable bonds is 16. The molecular formula is C44H43N7O7S2. The fourth-order valence-electron chi connectivity index (χ4n) is 7.38. The summed E-state index contributed by atoms with van der Waals surface area (Å²) in [7, 11) is 0.392. The number of amides is 1. The summed E-state index contributed by atoms with van der Waals surface area (Å²) in [6.07, 6.45) is 2.36. The van der Waals surface area contributed by atoms with Crippen LogP contribution in [0.3, 0.4) is 0 Å². The molecule has 308 valence electrons. The first kappa shape index (κ1) is 40.4. The maximum Gasteiger partial charge on any atom is 0.410 e. The third-order valence-corrected chi connectivity index (χ3v) is 13.5. The SMILES string of the molecule is COc1ccc(CN(Cc2ccc(OC)cc2)S(=O)(=O)c2c(CC3CCC3)ccc(-c3cccc4sc(NC(=O)O)nc34)c2-c2nnn(Cc3ccc(OC)cc3)n2)cc1. The van der Waals surface area contributed by atoms with Crippen LogP contribution in [0.1, 0.15) is 41.5 Å². The molecule has 7 aromatic rings. The Balaban J connectivity index is 1.34. The number of carboxylic acid groups (broad SMARTS) is 1. The second kappa shape index (κ2) is 17.5. The molecule has 14 nitrogen and oxygen atoms in total. The zero-order chi connectivity index (χ0) is 41.8. The van der Waals surface area contributed by atoms with Crippen molar-refractivity contribution in [1.29, 1.82) is 0 Å². The van der Waals surface area contributed by atoms with Crippen molar-refractivity contribution in [1.82, 2.24) is 29.5 Å². The number of hydrogen-bond acceptors (Lipinski definition) is 11. The molecule has 0 unspecified atom stereocenters. The van der Waals surface area contributed by atoms with Crippen LogP contribution in [0.25, 0.3) is 32.7 Å². The standard InChI is InChI=1S/C44H43N7O7S2/c1-56-33-17-10-29(11-18-33)25-50(26-30-12-19-34(57-2)20-13-30)60(54,55)41-32(24-28-6-4-7-28)16-23-36(37-8-5-9-38-40(37)45-43(59-38)46-44(52)53)39(41)42-47-49-51(48-42)27-31-14-21-35(58-3)22-15-31/h5,8-23,28H,4,6-7,24-27H2,1-3H3,(H,45,46)(H,52,53). The highest BCUT2D eigenvalue weighted by atomic mass is 32.2. The number of methoxy groups -OCH3 is 3. The van der Waals surface area contributed by atoms with Gasteiger partial charge in [-0.15, -0.1) is 10.2 Å². The predicted molar refractivity (Wildman–Crippen MR) is 229 cm³/mol. The molecule has 0 radical (unpaired) electrons. The number of tetrazole rings is 1. The Bertz CT molecular complexity index is 2680. The third kappa shape index (κ3) is 8.66. The van der Waals surface area contributed by atoms with Crippen molar-refractivity contribution in [3.63, 3.8) is 0 Å². The molecule has 5 aromatic carbocycles. The lowest BCUT2D eigenvalue weighted by Crippen LogP contribution is -2.32. The van der Waals surface area contributed by atoms with Gasteiger partial charge in [0.15, 0.2) is 5.13 Å². The monoisotopic (exact) mass is 845 g/mol. The highest BCUT2D eigenvalue weighted by Gasteiger charge is 2.36. The first-order valence-corrected chi connectivity index (χ1v) is 21.6. The molecule has 0 aliphatic heterocycles. The van der Waals surface area contributed by atoms with Gasteiger partial charge >= 0.3 is 6.09 Å². The Morgan fingerprint density at radius 3 is 1.97 bits per heavy atom. The van der Waals surface area contributed by atoms with Crippen molar-refractivity contribution in [3.8, 4) is 39.8 Å². The average Bonchev–Trinajstić information content (AvgIpc) is 3.88. The van der Waals surface area contributed by atoms with Gasteiger partial charge in [-0.2, -0.15) is 9.10 Å². The molecular weight excluding hydrogens is 803 g/mol. The number of sulfonamides is 1. The van der Waals surface area contributed by atoms with Crippen LogP contribution < -0.4 is 19.5 Å². The fourth-order valence-corrected chi connectivity index (χ4v) is 10.1. The minimum atomic E-state index is -4.39. The lowest BCUT2D eigenvalue weighted by atomic mass is 9.80. The summed E-state index contributed by atoms with van der Waals surface area (Å²) in [5.41, 5.74) is 4.96. The summed E-state index contributed by atoms with van der Waals surface area (Å²) in [6.45, 7) is 0.367. The molecule has 0 saturated heterocycles. The molecule has 2 aromatic heterocycles. The van der Waals surface area contributed by atoms with Crippen molar-refractivity contribution in [3.05, 3.63) is 125 Å². The first-order chi connectivity index (χ1) is 29.1. The minimum absolute atomic E-state index is 0.0500. The summed E-state index contributed by atoms with van der Waals surface area (Å²) in [5, 5.41) is 25.9. The first-order valence-electron chi connectivity index (χ1n) is 19.3. The van der Waals surface area contributed by atoms with Crippen LogP contribution in [0, 0.1) is 5.92 Å². The van der Waals surface area contributed by atoms with Crippen LogP contribution in [0.5, 0.6) is 17.2 Å². The second-order valence-corrected chi connectivity index (χ2v) is 17.4. The highest BCUT2D eigenvalue weighted by molar-refractivity contribution is 7.89. The summed E-state index contributed by atoms with van der Waals surface area (Å²) in [4.78, 5) is 17.9. The van der Waals surface area contributed by atoms with E-state index < -0.39 is 16.1 Å². The van der Waals surface area contributed by atoms with Crippen LogP contribution in [0.15, 0.2) is 108 Å². The summed E-state index contributed by atoms with van der Waals surface area (Å²) in [6, 6.07) is 31.6. The van der Waals surface area contributed by atoms with E-state index in [1.807, 2.05) is 103 Å². The van der Waals surface area contributed by atoms with E-state index in [1.165, 1.54) is 20.4 Å². The van der Waals surface area contributed by atoms with Crippen molar-refractivity contribution in [2.45, 2.75) is 50.2 Å². The number of ether oxygens (including phenoxy) is 3. The van der Waals surface area contributed by atoms with Crippen molar-refractivity contribution >= 4 is 42.8 Å². The number of thiazole rings is 1. The van der Waals surface area contributed by atoms with Crippen LogP contribution in [-0.4, -0.2) is 70.4 Å². The molecule has 1 fully saturated rings. The lowest BCUT2D eigenvalue weighted by Gasteiger charge is -2.29. The molecule has 8 rings (SSSR count). The molecule has 2 N–H and O–H groups in total. The highest BCUT2D eigenvalue weighted by Crippen LogP contribution is 2.44. The number of fused-ring (bicyclic) bond motifs is 1. The summed E-state index contributed by atoms with van der Waals surface area (Å²) >= 11 is 1.18. The van der Waals surface area contributed by atoms with E-state index in [0.717, 1.165) is 36.0 Å². The molecule has 0 spiro atoms. The zero-order valence-electron chi connectivity index (χ0n) is 33.2. The molecule has 1 saturated carbocycles. The summed E-state index contributed by atoms with van der Waals surface area (Å²) < 4.78 is 50.2. The number of hydrogen-bond donors (Lipinski definition) is 2. The van der Waals surface area contributed by atoms with E-state index in [4.69, 9.17) is 19.3 Å². The Kier molecular flexibility index (Phi) is 11.8. The van der Waals surface area contributed by atoms with Crippen LogP contribution >= 0.6 is 11.3 Å². The van der Waals surface area contributed by atoms with E-state index in [9.17, 15) is 9.90 Å². The normalized spacial score (nSPS) is 13.0. The van der Waals surface area contributed by atoms with Crippen LogP contribution in [0.2, 0.25) is 0 Å². The maximum absolute atomic E-state index is 15.9. The average molecular weight is 846 g/mol. The number of nitrogens with one attached hydrogen (secondary N) is 1.